The van der Waals surface area contributed by atoms with E-state index in [1.807, 2.05) is 32.9 Å². The summed E-state index contributed by atoms with van der Waals surface area (Å²) in [4.78, 5) is 18.8. The molecule has 27 heavy (non-hydrogen) atoms. The van der Waals surface area contributed by atoms with Gasteiger partial charge in [-0.3, -0.25) is 4.79 Å². The zero-order chi connectivity index (χ0) is 20.0. The molecular weight excluding hydrogens is 360 g/mol. The van der Waals surface area contributed by atoms with Crippen LogP contribution in [0.25, 0.3) is 0 Å². The van der Waals surface area contributed by atoms with Gasteiger partial charge < -0.3 is 14.4 Å². The maximum Gasteiger partial charge on any atom is 0.305 e. The minimum atomic E-state index is -0.326. The standard InChI is InChI=1S/C21H32N2O3S/c1-6-8-17-16(20(27)26-21(2,3)4)10-11-18(22-17)23-12-7-9-15(14-23)13-19(24)25-5/h10-11,15H,6-9,12-14H2,1-5H3/t15-/m0/s1. The molecule has 0 bridgehead atoms. The van der Waals surface area contributed by atoms with Crippen LogP contribution in [0, 0.1) is 5.92 Å². The molecule has 5 nitrogen and oxygen atoms in total. The number of hydrogen-bond acceptors (Lipinski definition) is 6. The quantitative estimate of drug-likeness (QED) is 0.531. The maximum absolute atomic E-state index is 11.6. The van der Waals surface area contributed by atoms with Crippen molar-refractivity contribution >= 4 is 29.1 Å². The second kappa shape index (κ2) is 9.49. The molecule has 2 rings (SSSR count). The van der Waals surface area contributed by atoms with Crippen molar-refractivity contribution in [2.75, 3.05) is 25.1 Å². The summed E-state index contributed by atoms with van der Waals surface area (Å²) in [5.41, 5.74) is 1.57. The van der Waals surface area contributed by atoms with Crippen LogP contribution in [0.3, 0.4) is 0 Å². The summed E-state index contributed by atoms with van der Waals surface area (Å²) in [5, 5.41) is 0.507. The number of anilines is 1. The van der Waals surface area contributed by atoms with Crippen LogP contribution in [-0.4, -0.2) is 41.8 Å². The number of methoxy groups -OCH3 is 1. The average molecular weight is 393 g/mol. The minimum absolute atomic E-state index is 0.137. The highest BCUT2D eigenvalue weighted by molar-refractivity contribution is 7.80. The Kier molecular flexibility index (Phi) is 7.59. The second-order valence-electron chi connectivity index (χ2n) is 8.15. The molecule has 0 spiro atoms. The molecule has 1 aromatic rings. The van der Waals surface area contributed by atoms with Gasteiger partial charge in [0.15, 0.2) is 5.05 Å². The van der Waals surface area contributed by atoms with Crippen LogP contribution in [0.4, 0.5) is 5.82 Å². The number of pyridine rings is 1. The Balaban J connectivity index is 2.19. The molecule has 0 saturated carbocycles. The number of piperidine rings is 1. The Hall–Kier alpha value is -1.69. The van der Waals surface area contributed by atoms with Gasteiger partial charge in [0.25, 0.3) is 0 Å². The van der Waals surface area contributed by atoms with E-state index in [4.69, 9.17) is 26.7 Å². The van der Waals surface area contributed by atoms with E-state index in [1.54, 1.807) is 0 Å². The van der Waals surface area contributed by atoms with Crippen LogP contribution in [0.1, 0.15) is 64.6 Å². The Morgan fingerprint density at radius 1 is 1.37 bits per heavy atom. The number of nitrogens with zero attached hydrogens (tertiary/aromatic N) is 2. The Morgan fingerprint density at radius 2 is 2.11 bits per heavy atom. The molecular formula is C21H32N2O3S. The largest absolute Gasteiger partial charge is 0.477 e. The predicted octanol–water partition coefficient (Wildman–Crippen LogP) is 4.30. The molecule has 1 aromatic heterocycles. The second-order valence-corrected chi connectivity index (χ2v) is 8.52. The molecule has 0 aromatic carbocycles. The van der Waals surface area contributed by atoms with E-state index >= 15 is 0 Å². The third kappa shape index (κ3) is 6.45. The van der Waals surface area contributed by atoms with Gasteiger partial charge in [-0.2, -0.15) is 0 Å². The summed E-state index contributed by atoms with van der Waals surface area (Å²) in [6.07, 6.45) is 4.42. The van der Waals surface area contributed by atoms with Gasteiger partial charge in [-0.25, -0.2) is 4.98 Å². The van der Waals surface area contributed by atoms with Crippen LogP contribution in [0.15, 0.2) is 12.1 Å². The molecule has 1 aliphatic rings. The SMILES string of the molecule is CCCc1nc(N2CCC[C@@H](CC(=O)OC)C2)ccc1C(=S)OC(C)(C)C. The normalized spacial score (nSPS) is 17.5. The third-order valence-electron chi connectivity index (χ3n) is 4.59. The number of aryl methyl sites for hydroxylation is 1. The lowest BCUT2D eigenvalue weighted by Crippen LogP contribution is -2.37. The molecule has 0 unspecified atom stereocenters. The fourth-order valence-corrected chi connectivity index (χ4v) is 3.81. The monoisotopic (exact) mass is 392 g/mol. The van der Waals surface area contributed by atoms with E-state index in [-0.39, 0.29) is 11.6 Å². The molecule has 0 aliphatic carbocycles. The number of hydrogen-bond donors (Lipinski definition) is 0. The summed E-state index contributed by atoms with van der Waals surface area (Å²) in [6.45, 7) is 9.91. The molecule has 1 saturated heterocycles. The first kappa shape index (κ1) is 21.6. The summed E-state index contributed by atoms with van der Waals surface area (Å²) >= 11 is 5.52. The molecule has 1 aliphatic heterocycles. The van der Waals surface area contributed by atoms with E-state index in [0.717, 1.165) is 55.8 Å². The van der Waals surface area contributed by atoms with Gasteiger partial charge in [-0.15, -0.1) is 0 Å². The lowest BCUT2D eigenvalue weighted by atomic mass is 9.95. The van der Waals surface area contributed by atoms with Crippen molar-refractivity contribution in [1.82, 2.24) is 4.98 Å². The highest BCUT2D eigenvalue weighted by atomic mass is 32.1. The smallest absolute Gasteiger partial charge is 0.305 e. The zero-order valence-corrected chi connectivity index (χ0v) is 18.0. The van der Waals surface area contributed by atoms with Crippen LogP contribution in [0.5, 0.6) is 0 Å². The number of carbonyl (C=O) groups excluding carboxylic acids is 1. The van der Waals surface area contributed by atoms with Gasteiger partial charge in [0.2, 0.25) is 0 Å². The summed E-state index contributed by atoms with van der Waals surface area (Å²) in [6, 6.07) is 4.05. The molecule has 6 heteroatoms. The Labute approximate surface area is 168 Å². The van der Waals surface area contributed by atoms with Crippen molar-refractivity contribution in [2.45, 2.75) is 65.4 Å². The van der Waals surface area contributed by atoms with Crippen molar-refractivity contribution < 1.29 is 14.3 Å². The molecule has 1 fully saturated rings. The highest BCUT2D eigenvalue weighted by Gasteiger charge is 2.25. The van der Waals surface area contributed by atoms with Gasteiger partial charge in [-0.05, 0) is 70.3 Å². The van der Waals surface area contributed by atoms with Gasteiger partial charge in [-0.1, -0.05) is 13.3 Å². The summed E-state index contributed by atoms with van der Waals surface area (Å²) in [5.74, 6) is 1.13. The first-order valence-electron chi connectivity index (χ1n) is 9.78. The molecule has 0 N–H and O–H groups in total. The van der Waals surface area contributed by atoms with Gasteiger partial charge in [0.05, 0.1) is 12.8 Å². The van der Waals surface area contributed by atoms with Crippen molar-refractivity contribution in [3.63, 3.8) is 0 Å². The lowest BCUT2D eigenvalue weighted by Gasteiger charge is -2.33. The Morgan fingerprint density at radius 3 is 2.74 bits per heavy atom. The van der Waals surface area contributed by atoms with Crippen LogP contribution in [-0.2, 0) is 20.7 Å². The first-order valence-corrected chi connectivity index (χ1v) is 10.2. The maximum atomic E-state index is 11.6. The fourth-order valence-electron chi connectivity index (χ4n) is 3.37. The molecule has 2 heterocycles. The first-order chi connectivity index (χ1) is 12.7. The number of ether oxygens (including phenoxy) is 2. The minimum Gasteiger partial charge on any atom is -0.477 e. The van der Waals surface area contributed by atoms with Gasteiger partial charge in [0, 0.05) is 25.1 Å². The number of rotatable bonds is 6. The lowest BCUT2D eigenvalue weighted by molar-refractivity contribution is -0.141. The molecule has 150 valence electrons. The van der Waals surface area contributed by atoms with Crippen molar-refractivity contribution in [3.05, 3.63) is 23.4 Å². The van der Waals surface area contributed by atoms with Crippen molar-refractivity contribution in [3.8, 4) is 0 Å². The Bertz CT molecular complexity index is 670. The number of esters is 1. The van der Waals surface area contributed by atoms with Crippen molar-refractivity contribution in [2.24, 2.45) is 5.92 Å². The van der Waals surface area contributed by atoms with Gasteiger partial charge in [0.1, 0.15) is 11.4 Å². The van der Waals surface area contributed by atoms with E-state index in [2.05, 4.69) is 11.8 Å². The van der Waals surface area contributed by atoms with Gasteiger partial charge >= 0.3 is 5.97 Å². The van der Waals surface area contributed by atoms with Crippen molar-refractivity contribution in [1.29, 1.82) is 0 Å². The molecule has 1 atom stereocenters. The van der Waals surface area contributed by atoms with E-state index in [1.165, 1.54) is 7.11 Å². The topological polar surface area (TPSA) is 51.7 Å². The van der Waals surface area contributed by atoms with Crippen LogP contribution in [0.2, 0.25) is 0 Å². The fraction of sp³-hybridized carbons (Fsp3) is 0.667. The van der Waals surface area contributed by atoms with Crippen LogP contribution >= 0.6 is 12.2 Å². The highest BCUT2D eigenvalue weighted by Crippen LogP contribution is 2.26. The summed E-state index contributed by atoms with van der Waals surface area (Å²) in [7, 11) is 1.45. The number of thiocarbonyl (C=S) groups is 1. The number of carbonyl (C=O) groups is 1. The van der Waals surface area contributed by atoms with E-state index in [9.17, 15) is 4.79 Å². The number of aromatic nitrogens is 1. The molecule has 0 radical (unpaired) electrons. The van der Waals surface area contributed by atoms with E-state index in [0.29, 0.717) is 17.4 Å². The predicted molar refractivity (Wildman–Crippen MR) is 112 cm³/mol. The zero-order valence-electron chi connectivity index (χ0n) is 17.2. The van der Waals surface area contributed by atoms with E-state index < -0.39 is 0 Å². The third-order valence-corrected chi connectivity index (χ3v) is 4.89. The van der Waals surface area contributed by atoms with Crippen LogP contribution < -0.4 is 4.90 Å². The summed E-state index contributed by atoms with van der Waals surface area (Å²) < 4.78 is 10.7. The molecule has 0 amide bonds. The average Bonchev–Trinajstić information content (AvgIpc) is 2.60.